The van der Waals surface area contributed by atoms with E-state index in [2.05, 4.69) is 180 Å². The standard InChI is InChI=1S/C56H35N5/c1-4-18-37(19-5-1)52-46-33-34-49-51(50(46)45-27-14-15-30-48(45)57-52)47-29-16-28-43(53(47)61(49)41-32-31-36-17-10-11-24-40(36)35-41)42-25-12-13-26-44(42)56-59-54(38-20-6-2-7-21-38)58-55(60-56)39-22-8-3-9-23-39/h1-35H. The summed E-state index contributed by atoms with van der Waals surface area (Å²) in [5, 5.41) is 8.16. The molecule has 3 heterocycles. The van der Waals surface area contributed by atoms with E-state index in [9.17, 15) is 0 Å². The lowest BCUT2D eigenvalue weighted by molar-refractivity contribution is 1.07. The van der Waals surface area contributed by atoms with Crippen LogP contribution in [0, 0.1) is 0 Å². The Morgan fingerprint density at radius 3 is 1.64 bits per heavy atom. The van der Waals surface area contributed by atoms with Crippen LogP contribution in [-0.4, -0.2) is 24.5 Å². The van der Waals surface area contributed by atoms with Crippen molar-refractivity contribution < 1.29 is 0 Å². The first-order valence-corrected chi connectivity index (χ1v) is 20.6. The molecule has 12 rings (SSSR count). The fraction of sp³-hybridized carbons (Fsp3) is 0. The van der Waals surface area contributed by atoms with Crippen LogP contribution in [0.15, 0.2) is 212 Å². The van der Waals surface area contributed by atoms with E-state index in [1.165, 1.54) is 21.5 Å². The molecule has 0 bridgehead atoms. The van der Waals surface area contributed by atoms with Crippen molar-refractivity contribution in [3.63, 3.8) is 0 Å². The number of hydrogen-bond acceptors (Lipinski definition) is 4. The van der Waals surface area contributed by atoms with Crippen molar-refractivity contribution in [1.82, 2.24) is 24.5 Å². The van der Waals surface area contributed by atoms with Crippen molar-refractivity contribution >= 4 is 54.3 Å². The molecular weight excluding hydrogens is 743 g/mol. The van der Waals surface area contributed by atoms with Crippen molar-refractivity contribution in [2.75, 3.05) is 0 Å². The van der Waals surface area contributed by atoms with Gasteiger partial charge in [-0.2, -0.15) is 0 Å². The molecule has 5 nitrogen and oxygen atoms in total. The third-order valence-corrected chi connectivity index (χ3v) is 11.8. The van der Waals surface area contributed by atoms with E-state index in [0.29, 0.717) is 17.5 Å². The summed E-state index contributed by atoms with van der Waals surface area (Å²) >= 11 is 0. The highest BCUT2D eigenvalue weighted by Crippen LogP contribution is 2.46. The van der Waals surface area contributed by atoms with E-state index < -0.39 is 0 Å². The van der Waals surface area contributed by atoms with Crippen LogP contribution in [0.3, 0.4) is 0 Å². The Bertz CT molecular complexity index is 3580. The lowest BCUT2D eigenvalue weighted by Crippen LogP contribution is -2.01. The van der Waals surface area contributed by atoms with Gasteiger partial charge in [-0.1, -0.05) is 188 Å². The van der Waals surface area contributed by atoms with E-state index in [0.717, 1.165) is 77.5 Å². The maximum absolute atomic E-state index is 5.30. The average molecular weight is 778 g/mol. The normalized spacial score (nSPS) is 11.6. The number of hydrogen-bond donors (Lipinski definition) is 0. The first kappa shape index (κ1) is 34.7. The van der Waals surface area contributed by atoms with Gasteiger partial charge in [0.05, 0.1) is 22.2 Å². The van der Waals surface area contributed by atoms with Crippen molar-refractivity contribution in [3.8, 4) is 62.2 Å². The number of para-hydroxylation sites is 2. The molecule has 0 saturated carbocycles. The van der Waals surface area contributed by atoms with Crippen LogP contribution in [0.25, 0.3) is 116 Å². The molecular formula is C56H35N5. The number of fused-ring (bicyclic) bond motifs is 8. The smallest absolute Gasteiger partial charge is 0.164 e. The maximum Gasteiger partial charge on any atom is 0.164 e. The van der Waals surface area contributed by atoms with E-state index in [1.54, 1.807) is 0 Å². The summed E-state index contributed by atoms with van der Waals surface area (Å²) in [6, 6.07) is 74.6. The van der Waals surface area contributed by atoms with Crippen LogP contribution in [-0.2, 0) is 0 Å². The van der Waals surface area contributed by atoms with Gasteiger partial charge in [0.15, 0.2) is 17.5 Å². The molecule has 0 saturated heterocycles. The Hall–Kier alpha value is -8.28. The Labute approximate surface area is 351 Å². The molecule has 0 unspecified atom stereocenters. The molecule has 284 valence electrons. The fourth-order valence-electron chi connectivity index (χ4n) is 9.06. The van der Waals surface area contributed by atoms with Gasteiger partial charge in [-0.25, -0.2) is 19.9 Å². The molecule has 5 heteroatoms. The molecule has 0 radical (unpaired) electrons. The number of rotatable bonds is 6. The minimum absolute atomic E-state index is 0.615. The van der Waals surface area contributed by atoms with Gasteiger partial charge in [0.2, 0.25) is 0 Å². The van der Waals surface area contributed by atoms with Gasteiger partial charge >= 0.3 is 0 Å². The number of nitrogens with zero attached hydrogens (tertiary/aromatic N) is 5. The molecule has 0 atom stereocenters. The minimum atomic E-state index is 0.615. The molecule has 3 aromatic heterocycles. The quantitative estimate of drug-likeness (QED) is 0.158. The molecule has 0 amide bonds. The van der Waals surface area contributed by atoms with Crippen LogP contribution in [0.4, 0.5) is 0 Å². The maximum atomic E-state index is 5.30. The van der Waals surface area contributed by atoms with Crippen molar-refractivity contribution in [3.05, 3.63) is 212 Å². The van der Waals surface area contributed by atoms with Gasteiger partial charge in [0, 0.05) is 60.4 Å². The topological polar surface area (TPSA) is 56.5 Å². The molecule has 0 fully saturated rings. The summed E-state index contributed by atoms with van der Waals surface area (Å²) in [6.45, 7) is 0. The first-order valence-electron chi connectivity index (χ1n) is 20.6. The van der Waals surface area contributed by atoms with Crippen molar-refractivity contribution in [1.29, 1.82) is 0 Å². The zero-order chi connectivity index (χ0) is 40.3. The Kier molecular flexibility index (Phi) is 8.10. The highest BCUT2D eigenvalue weighted by molar-refractivity contribution is 6.30. The van der Waals surface area contributed by atoms with Crippen molar-refractivity contribution in [2.45, 2.75) is 0 Å². The van der Waals surface area contributed by atoms with Crippen LogP contribution in [0.1, 0.15) is 0 Å². The number of benzene rings is 9. The highest BCUT2D eigenvalue weighted by Gasteiger charge is 2.24. The zero-order valence-corrected chi connectivity index (χ0v) is 32.9. The molecule has 12 aromatic rings. The summed E-state index contributed by atoms with van der Waals surface area (Å²) in [5.74, 6) is 1.87. The molecule has 61 heavy (non-hydrogen) atoms. The second kappa shape index (κ2) is 14.2. The molecule has 0 spiro atoms. The van der Waals surface area contributed by atoms with Crippen LogP contribution < -0.4 is 0 Å². The predicted molar refractivity (Wildman–Crippen MR) is 252 cm³/mol. The van der Waals surface area contributed by atoms with E-state index >= 15 is 0 Å². The second-order valence-electron chi connectivity index (χ2n) is 15.4. The molecule has 0 aliphatic carbocycles. The van der Waals surface area contributed by atoms with Gasteiger partial charge in [-0.15, -0.1) is 0 Å². The number of pyridine rings is 1. The third kappa shape index (κ3) is 5.78. The predicted octanol–water partition coefficient (Wildman–Crippen LogP) is 14.2. The summed E-state index contributed by atoms with van der Waals surface area (Å²) in [7, 11) is 0. The molecule has 0 aliphatic heterocycles. The summed E-state index contributed by atoms with van der Waals surface area (Å²) in [4.78, 5) is 20.7. The van der Waals surface area contributed by atoms with Gasteiger partial charge in [-0.3, -0.25) is 0 Å². The SMILES string of the molecule is c1ccc(-c2nc(-c3ccccc3)nc(-c3ccccc3-c3cccc4c5c6c(ccc5n(-c5ccc7ccccc7c5)c34)c(-c3ccccc3)nc3ccccc36)n2)cc1. The second-order valence-corrected chi connectivity index (χ2v) is 15.4. The first-order chi connectivity index (χ1) is 30.3. The Balaban J connectivity index is 1.20. The van der Waals surface area contributed by atoms with Gasteiger partial charge in [0.25, 0.3) is 0 Å². The van der Waals surface area contributed by atoms with E-state index in [1.807, 2.05) is 36.4 Å². The Morgan fingerprint density at radius 2 is 0.902 bits per heavy atom. The summed E-state index contributed by atoms with van der Waals surface area (Å²) < 4.78 is 2.46. The van der Waals surface area contributed by atoms with Crippen LogP contribution in [0.2, 0.25) is 0 Å². The van der Waals surface area contributed by atoms with Gasteiger partial charge in [-0.05, 0) is 40.6 Å². The lowest BCUT2D eigenvalue weighted by Gasteiger charge is -2.15. The highest BCUT2D eigenvalue weighted by atomic mass is 15.0. The summed E-state index contributed by atoms with van der Waals surface area (Å²) in [5.41, 5.74) is 11.2. The third-order valence-electron chi connectivity index (χ3n) is 11.8. The van der Waals surface area contributed by atoms with E-state index in [4.69, 9.17) is 19.9 Å². The fourth-order valence-corrected chi connectivity index (χ4v) is 9.06. The van der Waals surface area contributed by atoms with Crippen LogP contribution in [0.5, 0.6) is 0 Å². The van der Waals surface area contributed by atoms with Crippen molar-refractivity contribution in [2.24, 2.45) is 0 Å². The minimum Gasteiger partial charge on any atom is -0.309 e. The molecule has 9 aromatic carbocycles. The van der Waals surface area contributed by atoms with Gasteiger partial charge in [0.1, 0.15) is 0 Å². The lowest BCUT2D eigenvalue weighted by atomic mass is 9.94. The monoisotopic (exact) mass is 777 g/mol. The molecule has 0 aliphatic rings. The van der Waals surface area contributed by atoms with Crippen LogP contribution >= 0.6 is 0 Å². The largest absolute Gasteiger partial charge is 0.309 e. The Morgan fingerprint density at radius 1 is 0.328 bits per heavy atom. The van der Waals surface area contributed by atoms with E-state index in [-0.39, 0.29) is 0 Å². The van der Waals surface area contributed by atoms with Gasteiger partial charge < -0.3 is 4.57 Å². The average Bonchev–Trinajstić information content (AvgIpc) is 3.69. The number of aromatic nitrogens is 5. The zero-order valence-electron chi connectivity index (χ0n) is 32.9. The molecule has 0 N–H and O–H groups in total. The summed E-state index contributed by atoms with van der Waals surface area (Å²) in [6.07, 6.45) is 0.